The van der Waals surface area contributed by atoms with E-state index >= 15 is 0 Å². The third-order valence-electron chi connectivity index (χ3n) is 4.03. The molecule has 0 aliphatic heterocycles. The van der Waals surface area contributed by atoms with Gasteiger partial charge in [0.2, 0.25) is 0 Å². The minimum Gasteiger partial charge on any atom is -0.482 e. The van der Waals surface area contributed by atoms with E-state index in [1.807, 2.05) is 0 Å². The maximum absolute atomic E-state index is 6.68. The van der Waals surface area contributed by atoms with Crippen molar-refractivity contribution in [2.24, 2.45) is 0 Å². The molecule has 0 saturated heterocycles. The maximum Gasteiger partial charge on any atom is 0.194 e. The standard InChI is InChI=1S/C16H21ClN2O/c1-19(2)9-8-12-14-13(18-16(12)20-3)7-6-11(15(14)17)10-4-5-10/h6-7,10,18H,4-5,8-9H2,1-3H3. The minimum absolute atomic E-state index is 0.662. The van der Waals surface area contributed by atoms with Gasteiger partial charge in [-0.3, -0.25) is 0 Å². The van der Waals surface area contributed by atoms with E-state index in [1.54, 1.807) is 7.11 Å². The summed E-state index contributed by atoms with van der Waals surface area (Å²) in [6, 6.07) is 4.30. The van der Waals surface area contributed by atoms with E-state index in [0.29, 0.717) is 5.92 Å². The van der Waals surface area contributed by atoms with Crippen molar-refractivity contribution < 1.29 is 4.74 Å². The average Bonchev–Trinajstić information content (AvgIpc) is 3.17. The number of aromatic amines is 1. The number of halogens is 1. The van der Waals surface area contributed by atoms with Gasteiger partial charge in [-0.15, -0.1) is 0 Å². The van der Waals surface area contributed by atoms with Crippen LogP contribution < -0.4 is 4.74 Å². The van der Waals surface area contributed by atoms with Crippen molar-refractivity contribution in [2.45, 2.75) is 25.2 Å². The highest BCUT2D eigenvalue weighted by molar-refractivity contribution is 6.36. The smallest absolute Gasteiger partial charge is 0.194 e. The topological polar surface area (TPSA) is 28.3 Å². The van der Waals surface area contributed by atoms with Gasteiger partial charge in [-0.1, -0.05) is 17.7 Å². The molecule has 1 aromatic heterocycles. The molecule has 1 heterocycles. The Balaban J connectivity index is 2.10. The van der Waals surface area contributed by atoms with E-state index in [0.717, 1.165) is 34.8 Å². The number of nitrogens with zero attached hydrogens (tertiary/aromatic N) is 1. The molecule has 3 nitrogen and oxygen atoms in total. The van der Waals surface area contributed by atoms with Crippen LogP contribution >= 0.6 is 11.6 Å². The van der Waals surface area contributed by atoms with Gasteiger partial charge in [0, 0.05) is 17.5 Å². The van der Waals surface area contributed by atoms with Crippen LogP contribution in [0, 0.1) is 0 Å². The highest BCUT2D eigenvalue weighted by atomic mass is 35.5. The average molecular weight is 293 g/mol. The van der Waals surface area contributed by atoms with Crippen molar-refractivity contribution in [2.75, 3.05) is 27.7 Å². The number of ether oxygens (including phenoxy) is 1. The fourth-order valence-electron chi connectivity index (χ4n) is 2.76. The van der Waals surface area contributed by atoms with Gasteiger partial charge in [0.05, 0.1) is 17.6 Å². The summed E-state index contributed by atoms with van der Waals surface area (Å²) in [6.45, 7) is 0.979. The highest BCUT2D eigenvalue weighted by Gasteiger charge is 2.28. The lowest BCUT2D eigenvalue weighted by Crippen LogP contribution is -2.15. The number of fused-ring (bicyclic) bond motifs is 1. The lowest BCUT2D eigenvalue weighted by atomic mass is 10.0. The van der Waals surface area contributed by atoms with Crippen LogP contribution in [0.1, 0.15) is 29.9 Å². The molecule has 1 N–H and O–H groups in total. The zero-order valence-electron chi connectivity index (χ0n) is 12.3. The second-order valence-electron chi connectivity index (χ2n) is 5.86. The minimum atomic E-state index is 0.662. The maximum atomic E-state index is 6.68. The Morgan fingerprint density at radius 3 is 2.70 bits per heavy atom. The first-order valence-corrected chi connectivity index (χ1v) is 7.51. The largest absolute Gasteiger partial charge is 0.482 e. The number of benzene rings is 1. The van der Waals surface area contributed by atoms with Crippen LogP contribution in [0.2, 0.25) is 5.02 Å². The van der Waals surface area contributed by atoms with Crippen molar-refractivity contribution in [1.29, 1.82) is 0 Å². The molecule has 0 atom stereocenters. The van der Waals surface area contributed by atoms with E-state index in [1.165, 1.54) is 24.0 Å². The molecule has 1 aliphatic rings. The zero-order valence-corrected chi connectivity index (χ0v) is 13.0. The van der Waals surface area contributed by atoms with Gasteiger partial charge in [0.25, 0.3) is 0 Å². The summed E-state index contributed by atoms with van der Waals surface area (Å²) >= 11 is 6.68. The third-order valence-corrected chi connectivity index (χ3v) is 4.43. The van der Waals surface area contributed by atoms with Crippen molar-refractivity contribution in [1.82, 2.24) is 9.88 Å². The van der Waals surface area contributed by atoms with Crippen LogP contribution in [-0.2, 0) is 6.42 Å². The number of H-pyrrole nitrogens is 1. The number of hydrogen-bond donors (Lipinski definition) is 1. The van der Waals surface area contributed by atoms with Gasteiger partial charge < -0.3 is 14.6 Å². The van der Waals surface area contributed by atoms with E-state index in [9.17, 15) is 0 Å². The molecule has 1 aromatic carbocycles. The second-order valence-corrected chi connectivity index (χ2v) is 6.23. The Hall–Kier alpha value is -1.19. The third kappa shape index (κ3) is 2.40. The second kappa shape index (κ2) is 5.30. The summed E-state index contributed by atoms with van der Waals surface area (Å²) in [6.07, 6.45) is 3.46. The Labute approximate surface area is 124 Å². The van der Waals surface area contributed by atoms with Crippen molar-refractivity contribution >= 4 is 22.5 Å². The molecule has 20 heavy (non-hydrogen) atoms. The number of aromatic nitrogens is 1. The Kier molecular flexibility index (Phi) is 3.65. The lowest BCUT2D eigenvalue weighted by molar-refractivity contribution is 0.385. The molecule has 3 rings (SSSR count). The van der Waals surface area contributed by atoms with Crippen LogP contribution in [0.15, 0.2) is 12.1 Å². The predicted molar refractivity (Wildman–Crippen MR) is 84.1 cm³/mol. The lowest BCUT2D eigenvalue weighted by Gasteiger charge is -2.11. The summed E-state index contributed by atoms with van der Waals surface area (Å²) in [5.41, 5.74) is 3.57. The molecule has 0 bridgehead atoms. The van der Waals surface area contributed by atoms with Crippen molar-refractivity contribution in [3.8, 4) is 5.88 Å². The van der Waals surface area contributed by atoms with Gasteiger partial charge >= 0.3 is 0 Å². The molecule has 0 unspecified atom stereocenters. The first kappa shape index (κ1) is 13.8. The molecule has 1 aliphatic carbocycles. The van der Waals surface area contributed by atoms with Gasteiger partial charge in [-0.05, 0) is 50.9 Å². The summed E-state index contributed by atoms with van der Waals surface area (Å²) in [7, 11) is 5.87. The van der Waals surface area contributed by atoms with Crippen molar-refractivity contribution in [3.63, 3.8) is 0 Å². The van der Waals surface area contributed by atoms with Gasteiger partial charge in [0.15, 0.2) is 5.88 Å². The van der Waals surface area contributed by atoms with Crippen LogP contribution in [0.4, 0.5) is 0 Å². The van der Waals surface area contributed by atoms with Crippen LogP contribution in [0.3, 0.4) is 0 Å². The SMILES string of the molecule is COc1[nH]c2ccc(C3CC3)c(Cl)c2c1CCN(C)C. The number of methoxy groups -OCH3 is 1. The molecule has 0 radical (unpaired) electrons. The van der Waals surface area contributed by atoms with Gasteiger partial charge in [0.1, 0.15) is 0 Å². The number of likely N-dealkylation sites (N-methyl/N-ethyl adjacent to an activating group) is 1. The first-order chi connectivity index (χ1) is 9.61. The molecule has 108 valence electrons. The van der Waals surface area contributed by atoms with Crippen LogP contribution in [0.5, 0.6) is 5.88 Å². The van der Waals surface area contributed by atoms with Crippen LogP contribution in [0.25, 0.3) is 10.9 Å². The monoisotopic (exact) mass is 292 g/mol. The normalized spacial score (nSPS) is 15.2. The van der Waals surface area contributed by atoms with E-state index < -0.39 is 0 Å². The molecule has 2 aromatic rings. The molecule has 4 heteroatoms. The molecule has 0 spiro atoms. The fourth-order valence-corrected chi connectivity index (χ4v) is 3.19. The summed E-state index contributed by atoms with van der Waals surface area (Å²) in [4.78, 5) is 5.52. The molecule has 0 amide bonds. The molecular formula is C16H21ClN2O. The Morgan fingerprint density at radius 2 is 2.10 bits per heavy atom. The number of hydrogen-bond acceptors (Lipinski definition) is 2. The van der Waals surface area contributed by atoms with E-state index in [4.69, 9.17) is 16.3 Å². The molecular weight excluding hydrogens is 272 g/mol. The Morgan fingerprint density at radius 1 is 1.35 bits per heavy atom. The summed E-state index contributed by atoms with van der Waals surface area (Å²) < 4.78 is 5.50. The van der Waals surface area contributed by atoms with Crippen molar-refractivity contribution in [3.05, 3.63) is 28.3 Å². The number of nitrogens with one attached hydrogen (secondary N) is 1. The number of rotatable bonds is 5. The van der Waals surface area contributed by atoms with E-state index in [2.05, 4.69) is 36.1 Å². The predicted octanol–water partition coefficient (Wildman–Crippen LogP) is 3.81. The molecule has 1 fully saturated rings. The van der Waals surface area contributed by atoms with Gasteiger partial charge in [-0.2, -0.15) is 0 Å². The fraction of sp³-hybridized carbons (Fsp3) is 0.500. The highest BCUT2D eigenvalue weighted by Crippen LogP contribution is 2.46. The van der Waals surface area contributed by atoms with E-state index in [-0.39, 0.29) is 0 Å². The summed E-state index contributed by atoms with van der Waals surface area (Å²) in [5.74, 6) is 1.51. The summed E-state index contributed by atoms with van der Waals surface area (Å²) in [5, 5.41) is 2.06. The van der Waals surface area contributed by atoms with Crippen LogP contribution in [-0.4, -0.2) is 37.6 Å². The zero-order chi connectivity index (χ0) is 14.3. The van der Waals surface area contributed by atoms with Gasteiger partial charge in [-0.25, -0.2) is 0 Å². The molecule has 1 saturated carbocycles. The quantitative estimate of drug-likeness (QED) is 0.907. The Bertz CT molecular complexity index is 629. The first-order valence-electron chi connectivity index (χ1n) is 7.13.